The predicted octanol–water partition coefficient (Wildman–Crippen LogP) is 7.43. The van der Waals surface area contributed by atoms with Crippen LogP contribution in [0.3, 0.4) is 0 Å². The van der Waals surface area contributed by atoms with Crippen molar-refractivity contribution < 1.29 is 9.84 Å². The summed E-state index contributed by atoms with van der Waals surface area (Å²) in [6, 6.07) is 0. The maximum absolute atomic E-state index is 9.44. The molecule has 0 saturated carbocycles. The van der Waals surface area contributed by atoms with E-state index >= 15 is 0 Å². The highest BCUT2D eigenvalue weighted by Gasteiger charge is 2.07. The quantitative estimate of drug-likeness (QED) is 0.217. The molecule has 0 spiro atoms. The largest absolute Gasteiger partial charge is 0.394 e. The SMILES string of the molecule is CCCCCCCCCCCCOC(CO)CCCCCCCCC. The molecule has 0 aromatic carbocycles. The van der Waals surface area contributed by atoms with Gasteiger partial charge in [0.25, 0.3) is 0 Å². The third-order valence-corrected chi connectivity index (χ3v) is 5.18. The number of aliphatic hydroxyl groups is 1. The average molecular weight is 357 g/mol. The van der Waals surface area contributed by atoms with Crippen LogP contribution in [0.15, 0.2) is 0 Å². The highest BCUT2D eigenvalue weighted by atomic mass is 16.5. The van der Waals surface area contributed by atoms with E-state index in [2.05, 4.69) is 13.8 Å². The Labute approximate surface area is 159 Å². The van der Waals surface area contributed by atoms with Gasteiger partial charge in [-0.2, -0.15) is 0 Å². The van der Waals surface area contributed by atoms with Crippen LogP contribution in [0.25, 0.3) is 0 Å². The minimum absolute atomic E-state index is 0.0780. The molecule has 1 unspecified atom stereocenters. The summed E-state index contributed by atoms with van der Waals surface area (Å²) in [5.41, 5.74) is 0. The molecule has 0 aliphatic carbocycles. The molecule has 0 rings (SSSR count). The molecule has 2 nitrogen and oxygen atoms in total. The van der Waals surface area contributed by atoms with Crippen molar-refractivity contribution in [3.05, 3.63) is 0 Å². The lowest BCUT2D eigenvalue weighted by Crippen LogP contribution is -2.18. The first-order valence-electron chi connectivity index (χ1n) is 11.6. The molecule has 0 radical (unpaired) electrons. The van der Waals surface area contributed by atoms with Crippen molar-refractivity contribution in [2.75, 3.05) is 13.2 Å². The van der Waals surface area contributed by atoms with Crippen LogP contribution in [0.2, 0.25) is 0 Å². The van der Waals surface area contributed by atoms with Gasteiger partial charge in [-0.3, -0.25) is 0 Å². The Kier molecular flexibility index (Phi) is 21.9. The number of unbranched alkanes of at least 4 members (excludes halogenated alkanes) is 15. The van der Waals surface area contributed by atoms with Crippen LogP contribution in [-0.2, 0) is 4.74 Å². The standard InChI is InChI=1S/C23H48O2/c1-3-5-7-9-11-12-13-15-17-19-21-25-23(22-24)20-18-16-14-10-8-6-4-2/h23-24H,3-22H2,1-2H3. The van der Waals surface area contributed by atoms with Gasteiger partial charge >= 0.3 is 0 Å². The fourth-order valence-electron chi connectivity index (χ4n) is 3.40. The van der Waals surface area contributed by atoms with Crippen LogP contribution in [-0.4, -0.2) is 24.4 Å². The molecule has 1 N–H and O–H groups in total. The van der Waals surface area contributed by atoms with Crippen LogP contribution in [0.1, 0.15) is 129 Å². The Morgan fingerprint density at radius 1 is 0.560 bits per heavy atom. The van der Waals surface area contributed by atoms with Crippen molar-refractivity contribution in [2.24, 2.45) is 0 Å². The maximum atomic E-state index is 9.44. The van der Waals surface area contributed by atoms with Crippen molar-refractivity contribution in [1.29, 1.82) is 0 Å². The van der Waals surface area contributed by atoms with Crippen LogP contribution < -0.4 is 0 Å². The van der Waals surface area contributed by atoms with Gasteiger partial charge in [0, 0.05) is 6.61 Å². The molecule has 0 heterocycles. The number of hydrogen-bond donors (Lipinski definition) is 1. The Morgan fingerprint density at radius 3 is 1.40 bits per heavy atom. The zero-order valence-electron chi connectivity index (χ0n) is 17.6. The number of hydrogen-bond acceptors (Lipinski definition) is 2. The fourth-order valence-corrected chi connectivity index (χ4v) is 3.40. The molecule has 0 aliphatic rings. The number of rotatable bonds is 21. The summed E-state index contributed by atoms with van der Waals surface area (Å²) < 4.78 is 5.86. The Morgan fingerprint density at radius 2 is 0.960 bits per heavy atom. The molecule has 0 aromatic rings. The Balaban J connectivity index is 3.26. The first kappa shape index (κ1) is 24.9. The van der Waals surface area contributed by atoms with E-state index < -0.39 is 0 Å². The molecule has 152 valence electrons. The van der Waals surface area contributed by atoms with Gasteiger partial charge in [-0.1, -0.05) is 117 Å². The summed E-state index contributed by atoms with van der Waals surface area (Å²) in [5, 5.41) is 9.44. The van der Waals surface area contributed by atoms with Crippen molar-refractivity contribution >= 4 is 0 Å². The highest BCUT2D eigenvalue weighted by molar-refractivity contribution is 4.57. The number of aliphatic hydroxyl groups excluding tert-OH is 1. The summed E-state index contributed by atoms with van der Waals surface area (Å²) in [6.07, 6.45) is 24.0. The van der Waals surface area contributed by atoms with E-state index in [9.17, 15) is 5.11 Å². The minimum atomic E-state index is 0.0780. The van der Waals surface area contributed by atoms with Gasteiger partial charge in [-0.25, -0.2) is 0 Å². The second kappa shape index (κ2) is 22.0. The van der Waals surface area contributed by atoms with Crippen LogP contribution in [0.5, 0.6) is 0 Å². The van der Waals surface area contributed by atoms with E-state index in [1.165, 1.54) is 103 Å². The molecule has 2 heteroatoms. The number of ether oxygens (including phenoxy) is 1. The van der Waals surface area contributed by atoms with E-state index in [4.69, 9.17) is 4.74 Å². The highest BCUT2D eigenvalue weighted by Crippen LogP contribution is 2.13. The molecule has 0 bridgehead atoms. The zero-order valence-corrected chi connectivity index (χ0v) is 17.6. The smallest absolute Gasteiger partial charge is 0.0805 e. The Hall–Kier alpha value is -0.0800. The minimum Gasteiger partial charge on any atom is -0.394 e. The molecular weight excluding hydrogens is 308 g/mol. The van der Waals surface area contributed by atoms with E-state index in [1.807, 2.05) is 0 Å². The van der Waals surface area contributed by atoms with Crippen molar-refractivity contribution in [2.45, 2.75) is 136 Å². The van der Waals surface area contributed by atoms with E-state index in [0.29, 0.717) is 0 Å². The topological polar surface area (TPSA) is 29.5 Å². The first-order chi connectivity index (χ1) is 12.3. The van der Waals surface area contributed by atoms with Gasteiger partial charge in [-0.05, 0) is 12.8 Å². The maximum Gasteiger partial charge on any atom is 0.0805 e. The second-order valence-electron chi connectivity index (χ2n) is 7.77. The lowest BCUT2D eigenvalue weighted by Gasteiger charge is -2.15. The summed E-state index contributed by atoms with van der Waals surface area (Å²) in [6.45, 7) is 5.56. The summed E-state index contributed by atoms with van der Waals surface area (Å²) in [4.78, 5) is 0. The molecule has 0 fully saturated rings. The lowest BCUT2D eigenvalue weighted by atomic mass is 10.1. The second-order valence-corrected chi connectivity index (χ2v) is 7.77. The monoisotopic (exact) mass is 356 g/mol. The molecule has 1 atom stereocenters. The Bertz CT molecular complexity index is 230. The summed E-state index contributed by atoms with van der Waals surface area (Å²) >= 11 is 0. The fraction of sp³-hybridized carbons (Fsp3) is 1.00. The van der Waals surface area contributed by atoms with Crippen molar-refractivity contribution in [1.82, 2.24) is 0 Å². The third kappa shape index (κ3) is 20.1. The third-order valence-electron chi connectivity index (χ3n) is 5.18. The van der Waals surface area contributed by atoms with Crippen LogP contribution in [0, 0.1) is 0 Å². The van der Waals surface area contributed by atoms with Crippen LogP contribution in [0.4, 0.5) is 0 Å². The molecule has 0 saturated heterocycles. The normalized spacial score (nSPS) is 12.6. The molecular formula is C23H48O2. The molecule has 0 amide bonds. The van der Waals surface area contributed by atoms with Gasteiger partial charge in [0.2, 0.25) is 0 Å². The first-order valence-corrected chi connectivity index (χ1v) is 11.6. The van der Waals surface area contributed by atoms with Gasteiger partial charge < -0.3 is 9.84 Å². The zero-order chi connectivity index (χ0) is 18.4. The van der Waals surface area contributed by atoms with Crippen molar-refractivity contribution in [3.63, 3.8) is 0 Å². The van der Waals surface area contributed by atoms with Gasteiger partial charge in [0.1, 0.15) is 0 Å². The predicted molar refractivity (Wildman–Crippen MR) is 111 cm³/mol. The van der Waals surface area contributed by atoms with E-state index in [0.717, 1.165) is 19.4 Å². The van der Waals surface area contributed by atoms with Gasteiger partial charge in [-0.15, -0.1) is 0 Å². The molecule has 0 aliphatic heterocycles. The summed E-state index contributed by atoms with van der Waals surface area (Å²) in [7, 11) is 0. The molecule has 25 heavy (non-hydrogen) atoms. The van der Waals surface area contributed by atoms with E-state index in [1.54, 1.807) is 0 Å². The van der Waals surface area contributed by atoms with Crippen molar-refractivity contribution in [3.8, 4) is 0 Å². The molecule has 0 aromatic heterocycles. The summed E-state index contributed by atoms with van der Waals surface area (Å²) in [5.74, 6) is 0. The average Bonchev–Trinajstić information content (AvgIpc) is 2.63. The van der Waals surface area contributed by atoms with E-state index in [-0.39, 0.29) is 12.7 Å². The van der Waals surface area contributed by atoms with Gasteiger partial charge in [0.15, 0.2) is 0 Å². The van der Waals surface area contributed by atoms with Crippen LogP contribution >= 0.6 is 0 Å². The lowest BCUT2D eigenvalue weighted by molar-refractivity contribution is 0.00497. The van der Waals surface area contributed by atoms with Gasteiger partial charge in [0.05, 0.1) is 12.7 Å².